The van der Waals surface area contributed by atoms with Gasteiger partial charge in [-0.25, -0.2) is 8.42 Å². The Bertz CT molecular complexity index is 651. The normalized spacial score (nSPS) is 11.5. The molecule has 4 nitrogen and oxygen atoms in total. The minimum Gasteiger partial charge on any atom is -0.330 e. The zero-order valence-electron chi connectivity index (χ0n) is 9.97. The lowest BCUT2D eigenvalue weighted by Crippen LogP contribution is -2.11. The van der Waals surface area contributed by atoms with Crippen molar-refractivity contribution in [3.8, 4) is 0 Å². The van der Waals surface area contributed by atoms with Crippen LogP contribution >= 0.6 is 27.3 Å². The van der Waals surface area contributed by atoms with E-state index in [0.29, 0.717) is 22.9 Å². The summed E-state index contributed by atoms with van der Waals surface area (Å²) in [4.78, 5) is 0.971. The molecule has 2 aromatic rings. The molecule has 1 heterocycles. The van der Waals surface area contributed by atoms with Crippen LogP contribution in [0, 0.1) is 0 Å². The van der Waals surface area contributed by atoms with Gasteiger partial charge < -0.3 is 5.73 Å². The number of hydrogen-bond donors (Lipinski definition) is 2. The fourth-order valence-electron chi connectivity index (χ4n) is 1.50. The van der Waals surface area contributed by atoms with Crippen LogP contribution in [0.25, 0.3) is 0 Å². The van der Waals surface area contributed by atoms with E-state index in [9.17, 15) is 8.42 Å². The summed E-state index contributed by atoms with van der Waals surface area (Å²) >= 11 is 4.55. The monoisotopic (exact) mass is 360 g/mol. The van der Waals surface area contributed by atoms with Crippen LogP contribution < -0.4 is 10.5 Å². The second-order valence-corrected chi connectivity index (χ2v) is 7.87. The molecule has 0 fully saturated rings. The number of sulfonamides is 1. The smallest absolute Gasteiger partial charge is 0.271 e. The lowest BCUT2D eigenvalue weighted by molar-refractivity contribution is 0.603. The van der Waals surface area contributed by atoms with Gasteiger partial charge in [0.1, 0.15) is 4.21 Å². The van der Waals surface area contributed by atoms with Gasteiger partial charge in [-0.3, -0.25) is 4.72 Å². The van der Waals surface area contributed by atoms with Crippen LogP contribution in [-0.4, -0.2) is 15.0 Å². The van der Waals surface area contributed by atoms with Gasteiger partial charge in [0.25, 0.3) is 10.0 Å². The molecule has 102 valence electrons. The van der Waals surface area contributed by atoms with E-state index in [1.807, 2.05) is 0 Å². The van der Waals surface area contributed by atoms with Crippen molar-refractivity contribution >= 4 is 43.0 Å². The number of nitrogens with one attached hydrogen (secondary N) is 1. The molecule has 0 saturated carbocycles. The second-order valence-electron chi connectivity index (χ2n) is 3.87. The number of nitrogens with two attached hydrogens (primary N) is 1. The SMILES string of the molecule is NCCc1ccc(S(=O)(=O)Nc2ccc(Br)cc2)s1. The molecule has 1 aromatic carbocycles. The van der Waals surface area contributed by atoms with E-state index < -0.39 is 10.0 Å². The van der Waals surface area contributed by atoms with Crippen molar-refractivity contribution in [3.63, 3.8) is 0 Å². The zero-order chi connectivity index (χ0) is 13.9. The minimum absolute atomic E-state index is 0.305. The molecule has 0 radical (unpaired) electrons. The highest BCUT2D eigenvalue weighted by Crippen LogP contribution is 2.24. The lowest BCUT2D eigenvalue weighted by atomic mass is 10.3. The Kier molecular flexibility index (Phi) is 4.62. The maximum absolute atomic E-state index is 12.2. The number of halogens is 1. The quantitative estimate of drug-likeness (QED) is 0.860. The Morgan fingerprint density at radius 2 is 1.84 bits per heavy atom. The van der Waals surface area contributed by atoms with Gasteiger partial charge in [0, 0.05) is 15.0 Å². The van der Waals surface area contributed by atoms with Crippen LogP contribution in [0.15, 0.2) is 45.1 Å². The Balaban J connectivity index is 2.19. The average Bonchev–Trinajstić information content (AvgIpc) is 2.82. The summed E-state index contributed by atoms with van der Waals surface area (Å²) in [5.41, 5.74) is 5.99. The van der Waals surface area contributed by atoms with Crippen molar-refractivity contribution in [1.29, 1.82) is 0 Å². The molecule has 0 aliphatic rings. The Hall–Kier alpha value is -0.890. The first kappa shape index (κ1) is 14.5. The van der Waals surface area contributed by atoms with E-state index in [-0.39, 0.29) is 0 Å². The van der Waals surface area contributed by atoms with Crippen molar-refractivity contribution in [2.75, 3.05) is 11.3 Å². The molecule has 2 rings (SSSR count). The van der Waals surface area contributed by atoms with Gasteiger partial charge in [0.15, 0.2) is 0 Å². The third-order valence-electron chi connectivity index (χ3n) is 2.39. The zero-order valence-corrected chi connectivity index (χ0v) is 13.2. The molecule has 0 aliphatic heterocycles. The highest BCUT2D eigenvalue weighted by Gasteiger charge is 2.16. The third kappa shape index (κ3) is 3.79. The number of anilines is 1. The van der Waals surface area contributed by atoms with Crippen LogP contribution in [-0.2, 0) is 16.4 Å². The number of rotatable bonds is 5. The Morgan fingerprint density at radius 1 is 1.16 bits per heavy atom. The maximum atomic E-state index is 12.2. The van der Waals surface area contributed by atoms with Crippen LogP contribution in [0.1, 0.15) is 4.88 Å². The maximum Gasteiger partial charge on any atom is 0.271 e. The van der Waals surface area contributed by atoms with E-state index in [1.54, 1.807) is 36.4 Å². The first-order valence-electron chi connectivity index (χ1n) is 5.58. The lowest BCUT2D eigenvalue weighted by Gasteiger charge is -2.05. The van der Waals surface area contributed by atoms with Gasteiger partial charge in [0.05, 0.1) is 0 Å². The van der Waals surface area contributed by atoms with Crippen LogP contribution in [0.5, 0.6) is 0 Å². The van der Waals surface area contributed by atoms with Crippen molar-refractivity contribution in [1.82, 2.24) is 0 Å². The summed E-state index contributed by atoms with van der Waals surface area (Å²) < 4.78 is 28.1. The molecule has 3 N–H and O–H groups in total. The Labute approximate surface area is 124 Å². The highest BCUT2D eigenvalue weighted by molar-refractivity contribution is 9.10. The molecule has 0 spiro atoms. The van der Waals surface area contributed by atoms with Gasteiger partial charge in [-0.15, -0.1) is 11.3 Å². The topological polar surface area (TPSA) is 72.2 Å². The summed E-state index contributed by atoms with van der Waals surface area (Å²) in [5.74, 6) is 0. The van der Waals surface area contributed by atoms with Crippen LogP contribution in [0.4, 0.5) is 5.69 Å². The molecule has 0 atom stereocenters. The Morgan fingerprint density at radius 3 is 2.47 bits per heavy atom. The van der Waals surface area contributed by atoms with E-state index >= 15 is 0 Å². The fourth-order valence-corrected chi connectivity index (χ4v) is 4.20. The molecular weight excluding hydrogens is 348 g/mol. The molecule has 1 aromatic heterocycles. The average molecular weight is 361 g/mol. The first-order chi connectivity index (χ1) is 9.01. The third-order valence-corrected chi connectivity index (χ3v) is 5.94. The molecule has 0 unspecified atom stereocenters. The van der Waals surface area contributed by atoms with Crippen molar-refractivity contribution in [3.05, 3.63) is 45.7 Å². The fraction of sp³-hybridized carbons (Fsp3) is 0.167. The molecule has 19 heavy (non-hydrogen) atoms. The van der Waals surface area contributed by atoms with E-state index in [1.165, 1.54) is 11.3 Å². The van der Waals surface area contributed by atoms with Gasteiger partial charge in [0.2, 0.25) is 0 Å². The van der Waals surface area contributed by atoms with Crippen LogP contribution in [0.3, 0.4) is 0 Å². The summed E-state index contributed by atoms with van der Waals surface area (Å²) in [6.45, 7) is 0.514. The van der Waals surface area contributed by atoms with E-state index in [2.05, 4.69) is 20.7 Å². The molecule has 7 heteroatoms. The van der Waals surface area contributed by atoms with Gasteiger partial charge in [-0.05, 0) is 49.4 Å². The van der Waals surface area contributed by atoms with Crippen molar-refractivity contribution in [2.45, 2.75) is 10.6 Å². The predicted molar refractivity (Wildman–Crippen MR) is 82.0 cm³/mol. The van der Waals surface area contributed by atoms with Gasteiger partial charge >= 0.3 is 0 Å². The largest absolute Gasteiger partial charge is 0.330 e. The number of hydrogen-bond acceptors (Lipinski definition) is 4. The number of thiophene rings is 1. The molecule has 0 aliphatic carbocycles. The molecule has 0 amide bonds. The molecule has 0 bridgehead atoms. The number of benzene rings is 1. The summed E-state index contributed by atoms with van der Waals surface area (Å²) in [6, 6.07) is 10.4. The van der Waals surface area contributed by atoms with Crippen molar-refractivity contribution < 1.29 is 8.42 Å². The molecule has 0 saturated heterocycles. The summed E-state index contributed by atoms with van der Waals surface area (Å²) in [7, 11) is -3.51. The summed E-state index contributed by atoms with van der Waals surface area (Å²) in [5, 5.41) is 0. The first-order valence-corrected chi connectivity index (χ1v) is 8.68. The standard InChI is InChI=1S/C12H13BrN2O2S2/c13-9-1-3-10(4-2-9)15-19(16,17)12-6-5-11(18-12)7-8-14/h1-6,15H,7-8,14H2. The summed E-state index contributed by atoms with van der Waals surface area (Å²) in [6.07, 6.45) is 0.693. The highest BCUT2D eigenvalue weighted by atomic mass is 79.9. The molecular formula is C12H13BrN2O2S2. The van der Waals surface area contributed by atoms with E-state index in [4.69, 9.17) is 5.73 Å². The van der Waals surface area contributed by atoms with Crippen molar-refractivity contribution in [2.24, 2.45) is 5.73 Å². The van der Waals surface area contributed by atoms with Gasteiger partial charge in [-0.2, -0.15) is 0 Å². The minimum atomic E-state index is -3.51. The predicted octanol–water partition coefficient (Wildman–Crippen LogP) is 2.81. The second kappa shape index (κ2) is 6.04. The van der Waals surface area contributed by atoms with Gasteiger partial charge in [-0.1, -0.05) is 15.9 Å². The van der Waals surface area contributed by atoms with Crippen LogP contribution in [0.2, 0.25) is 0 Å². The van der Waals surface area contributed by atoms with E-state index in [0.717, 1.165) is 9.35 Å².